The second-order valence-electron chi connectivity index (χ2n) is 7.21. The van der Waals surface area contributed by atoms with Crippen LogP contribution in [0.1, 0.15) is 28.6 Å². The van der Waals surface area contributed by atoms with Crippen molar-refractivity contribution in [3.8, 4) is 5.69 Å². The van der Waals surface area contributed by atoms with Crippen LogP contribution in [-0.4, -0.2) is 32.2 Å². The highest BCUT2D eigenvalue weighted by Crippen LogP contribution is 2.29. The van der Waals surface area contributed by atoms with Gasteiger partial charge in [0.15, 0.2) is 17.5 Å². The molecule has 3 aromatic carbocycles. The molecule has 152 valence electrons. The van der Waals surface area contributed by atoms with E-state index in [0.29, 0.717) is 17.9 Å². The van der Waals surface area contributed by atoms with Gasteiger partial charge in [-0.2, -0.15) is 4.68 Å². The third-order valence-electron chi connectivity index (χ3n) is 5.05. The zero-order valence-electron chi connectivity index (χ0n) is 16.7. The molecule has 0 saturated carbocycles. The van der Waals surface area contributed by atoms with Crippen LogP contribution in [-0.2, 0) is 6.54 Å². The van der Waals surface area contributed by atoms with Gasteiger partial charge < -0.3 is 0 Å². The summed E-state index contributed by atoms with van der Waals surface area (Å²) < 4.78 is 28.8. The number of rotatable bonds is 6. The van der Waals surface area contributed by atoms with E-state index in [1.54, 1.807) is 10.7 Å². The molecule has 0 spiro atoms. The van der Waals surface area contributed by atoms with Crippen molar-refractivity contribution in [2.45, 2.75) is 19.5 Å². The molecule has 4 aromatic rings. The smallest absolute Gasteiger partial charge is 0.178 e. The van der Waals surface area contributed by atoms with E-state index in [9.17, 15) is 8.78 Å². The molecular weight excluding hydrogens is 384 g/mol. The summed E-state index contributed by atoms with van der Waals surface area (Å²) in [6.07, 6.45) is 0. The summed E-state index contributed by atoms with van der Waals surface area (Å²) in [6.45, 7) is 2.39. The molecule has 0 aliphatic carbocycles. The first-order chi connectivity index (χ1) is 14.5. The third-order valence-corrected chi connectivity index (χ3v) is 5.05. The monoisotopic (exact) mass is 405 g/mol. The fraction of sp³-hybridized carbons (Fsp3) is 0.174. The Hall–Kier alpha value is -3.45. The Morgan fingerprint density at radius 1 is 0.933 bits per heavy atom. The van der Waals surface area contributed by atoms with Crippen LogP contribution in [0.4, 0.5) is 8.78 Å². The Kier molecular flexibility index (Phi) is 5.63. The lowest BCUT2D eigenvalue weighted by atomic mass is 10.0. The second-order valence-corrected chi connectivity index (χ2v) is 7.21. The van der Waals surface area contributed by atoms with E-state index in [2.05, 4.69) is 15.5 Å². The van der Waals surface area contributed by atoms with Crippen LogP contribution in [0.2, 0.25) is 0 Å². The van der Waals surface area contributed by atoms with Crippen LogP contribution < -0.4 is 0 Å². The summed E-state index contributed by atoms with van der Waals surface area (Å²) in [7, 11) is 1.91. The summed E-state index contributed by atoms with van der Waals surface area (Å²) in [5.41, 5.74) is 3.58. The van der Waals surface area contributed by atoms with Gasteiger partial charge in [-0.25, -0.2) is 8.78 Å². The van der Waals surface area contributed by atoms with E-state index >= 15 is 0 Å². The van der Waals surface area contributed by atoms with Crippen molar-refractivity contribution >= 4 is 0 Å². The molecule has 4 rings (SSSR count). The highest BCUT2D eigenvalue weighted by atomic mass is 19.2. The number of aryl methyl sites for hydroxylation is 1. The number of para-hydroxylation sites is 1. The van der Waals surface area contributed by atoms with Crippen LogP contribution >= 0.6 is 0 Å². The SMILES string of the molecule is Cc1ccccc1-n1nnnc1C(c1ccccc1)N(C)Cc1ccc(F)c(F)c1. The molecule has 0 aliphatic heterocycles. The molecule has 1 unspecified atom stereocenters. The number of halogens is 2. The van der Waals surface area contributed by atoms with Crippen molar-refractivity contribution in [2.24, 2.45) is 0 Å². The van der Waals surface area contributed by atoms with Crippen molar-refractivity contribution in [1.82, 2.24) is 25.1 Å². The van der Waals surface area contributed by atoms with Gasteiger partial charge in [0.2, 0.25) is 0 Å². The van der Waals surface area contributed by atoms with Crippen LogP contribution in [0, 0.1) is 18.6 Å². The van der Waals surface area contributed by atoms with Crippen molar-refractivity contribution < 1.29 is 8.78 Å². The van der Waals surface area contributed by atoms with Gasteiger partial charge in [0.05, 0.1) is 11.7 Å². The highest BCUT2D eigenvalue weighted by Gasteiger charge is 2.26. The number of benzene rings is 3. The molecule has 0 aliphatic rings. The quantitative estimate of drug-likeness (QED) is 0.475. The van der Waals surface area contributed by atoms with Gasteiger partial charge in [0.1, 0.15) is 0 Å². The summed E-state index contributed by atoms with van der Waals surface area (Å²) in [5, 5.41) is 12.5. The fourth-order valence-corrected chi connectivity index (χ4v) is 3.59. The molecule has 5 nitrogen and oxygen atoms in total. The Bertz CT molecular complexity index is 1140. The topological polar surface area (TPSA) is 46.8 Å². The molecule has 0 fully saturated rings. The first-order valence-corrected chi connectivity index (χ1v) is 9.58. The average molecular weight is 405 g/mol. The molecule has 30 heavy (non-hydrogen) atoms. The molecule has 0 N–H and O–H groups in total. The molecular formula is C23H21F2N5. The largest absolute Gasteiger partial charge is 0.288 e. The first-order valence-electron chi connectivity index (χ1n) is 9.58. The molecule has 1 aromatic heterocycles. The number of nitrogens with zero attached hydrogens (tertiary/aromatic N) is 5. The number of tetrazole rings is 1. The van der Waals surface area contributed by atoms with E-state index in [1.165, 1.54) is 6.07 Å². The molecule has 1 atom stereocenters. The number of hydrogen-bond acceptors (Lipinski definition) is 4. The summed E-state index contributed by atoms with van der Waals surface area (Å²) in [6, 6.07) is 21.4. The summed E-state index contributed by atoms with van der Waals surface area (Å²) in [4.78, 5) is 2.02. The fourth-order valence-electron chi connectivity index (χ4n) is 3.59. The lowest BCUT2D eigenvalue weighted by Crippen LogP contribution is -2.28. The van der Waals surface area contributed by atoms with Gasteiger partial charge in [0.25, 0.3) is 0 Å². The molecule has 0 bridgehead atoms. The highest BCUT2D eigenvalue weighted by molar-refractivity contribution is 5.40. The van der Waals surface area contributed by atoms with Crippen LogP contribution in [0.3, 0.4) is 0 Å². The lowest BCUT2D eigenvalue weighted by Gasteiger charge is -2.28. The minimum absolute atomic E-state index is 0.297. The number of aromatic nitrogens is 4. The molecule has 7 heteroatoms. The van der Waals surface area contributed by atoms with Crippen LogP contribution in [0.5, 0.6) is 0 Å². The minimum Gasteiger partial charge on any atom is -0.288 e. The average Bonchev–Trinajstić information content (AvgIpc) is 3.21. The maximum absolute atomic E-state index is 13.7. The zero-order chi connectivity index (χ0) is 21.1. The standard InChI is InChI=1S/C23H21F2N5/c1-16-8-6-7-11-21(16)30-23(26-27-28-30)22(18-9-4-3-5-10-18)29(2)15-17-12-13-19(24)20(25)14-17/h3-14,22H,15H2,1-2H3. The Balaban J connectivity index is 1.76. The van der Waals surface area contributed by atoms with Gasteiger partial charge in [0, 0.05) is 6.54 Å². The predicted molar refractivity (Wildman–Crippen MR) is 110 cm³/mol. The Morgan fingerprint density at radius 3 is 2.40 bits per heavy atom. The van der Waals surface area contributed by atoms with Crippen LogP contribution in [0.25, 0.3) is 5.69 Å². The van der Waals surface area contributed by atoms with Gasteiger partial charge in [-0.3, -0.25) is 4.90 Å². The van der Waals surface area contributed by atoms with Crippen molar-refractivity contribution in [3.63, 3.8) is 0 Å². The maximum Gasteiger partial charge on any atom is 0.178 e. The van der Waals surface area contributed by atoms with Crippen molar-refractivity contribution in [2.75, 3.05) is 7.05 Å². The van der Waals surface area contributed by atoms with Crippen LogP contribution in [0.15, 0.2) is 72.8 Å². The van der Waals surface area contributed by atoms with Gasteiger partial charge in [-0.15, -0.1) is 5.10 Å². The molecule has 0 radical (unpaired) electrons. The van der Waals surface area contributed by atoms with E-state index < -0.39 is 11.6 Å². The number of hydrogen-bond donors (Lipinski definition) is 0. The van der Waals surface area contributed by atoms with E-state index in [-0.39, 0.29) is 6.04 Å². The normalized spacial score (nSPS) is 12.3. The Morgan fingerprint density at radius 2 is 1.67 bits per heavy atom. The second kappa shape index (κ2) is 8.51. The summed E-state index contributed by atoms with van der Waals surface area (Å²) in [5.74, 6) is -1.08. The van der Waals surface area contributed by atoms with E-state index in [0.717, 1.165) is 22.9 Å². The zero-order valence-corrected chi connectivity index (χ0v) is 16.7. The van der Waals surface area contributed by atoms with Crippen molar-refractivity contribution in [3.05, 3.63) is 107 Å². The third kappa shape index (κ3) is 3.97. The minimum atomic E-state index is -0.859. The van der Waals surface area contributed by atoms with Gasteiger partial charge in [-0.1, -0.05) is 54.6 Å². The summed E-state index contributed by atoms with van der Waals surface area (Å²) >= 11 is 0. The van der Waals surface area contributed by atoms with Gasteiger partial charge in [-0.05, 0) is 59.3 Å². The molecule has 0 amide bonds. The molecule has 0 saturated heterocycles. The first kappa shape index (κ1) is 19.8. The Labute approximate surface area is 173 Å². The molecule has 1 heterocycles. The predicted octanol–water partition coefficient (Wildman–Crippen LogP) is 4.47. The van der Waals surface area contributed by atoms with E-state index in [4.69, 9.17) is 0 Å². The van der Waals surface area contributed by atoms with E-state index in [1.807, 2.05) is 73.5 Å². The van der Waals surface area contributed by atoms with Gasteiger partial charge >= 0.3 is 0 Å². The van der Waals surface area contributed by atoms with Crippen molar-refractivity contribution in [1.29, 1.82) is 0 Å². The lowest BCUT2D eigenvalue weighted by molar-refractivity contribution is 0.257. The maximum atomic E-state index is 13.7.